The highest BCUT2D eigenvalue weighted by Gasteiger charge is 2.20. The largest absolute Gasteiger partial charge is 0.381 e. The number of carbonyl (C=O) groups is 1. The molecule has 1 aromatic rings. The molecule has 1 saturated heterocycles. The minimum Gasteiger partial charge on any atom is -0.381 e. The average Bonchev–Trinajstić information content (AvgIpc) is 2.39. The fraction of sp³-hybridized carbons (Fsp3) is 0.462. The van der Waals surface area contributed by atoms with Gasteiger partial charge in [0.15, 0.2) is 6.29 Å². The van der Waals surface area contributed by atoms with Crippen LogP contribution in [0.4, 0.5) is 10.1 Å². The lowest BCUT2D eigenvalue weighted by atomic mass is 10.1. The molecular weight excluding hydrogens is 221 g/mol. The van der Waals surface area contributed by atoms with Gasteiger partial charge in [0.1, 0.15) is 5.82 Å². The van der Waals surface area contributed by atoms with Crippen LogP contribution < -0.4 is 4.90 Å². The molecule has 0 N–H and O–H groups in total. The first-order valence-corrected chi connectivity index (χ1v) is 5.77. The molecule has 0 aromatic heterocycles. The molecule has 1 fully saturated rings. The maximum atomic E-state index is 13.0. The van der Waals surface area contributed by atoms with Gasteiger partial charge < -0.3 is 9.64 Å². The predicted molar refractivity (Wildman–Crippen MR) is 64.0 cm³/mol. The molecule has 4 heteroatoms. The third-order valence-corrected chi connectivity index (χ3v) is 3.23. The molecule has 1 aliphatic rings. The number of ether oxygens (including phenoxy) is 1. The van der Waals surface area contributed by atoms with Crippen LogP contribution in [0.5, 0.6) is 0 Å². The molecule has 0 radical (unpaired) electrons. The summed E-state index contributed by atoms with van der Waals surface area (Å²) in [5.74, 6) is -0.373. The first-order chi connectivity index (χ1) is 8.24. The second kappa shape index (κ2) is 5.27. The Kier molecular flexibility index (Phi) is 3.74. The lowest BCUT2D eigenvalue weighted by Crippen LogP contribution is -2.37. The summed E-state index contributed by atoms with van der Waals surface area (Å²) in [6, 6.07) is 4.35. The number of hydrogen-bond donors (Lipinski definition) is 0. The Morgan fingerprint density at radius 1 is 1.41 bits per heavy atom. The van der Waals surface area contributed by atoms with E-state index in [1.54, 1.807) is 13.2 Å². The Hall–Kier alpha value is -1.42. The second-order valence-corrected chi connectivity index (χ2v) is 4.24. The van der Waals surface area contributed by atoms with Gasteiger partial charge in [0, 0.05) is 31.5 Å². The van der Waals surface area contributed by atoms with E-state index in [-0.39, 0.29) is 5.82 Å². The van der Waals surface area contributed by atoms with Crippen molar-refractivity contribution in [1.82, 2.24) is 0 Å². The van der Waals surface area contributed by atoms with Crippen molar-refractivity contribution in [3.8, 4) is 0 Å². The van der Waals surface area contributed by atoms with Crippen molar-refractivity contribution in [3.63, 3.8) is 0 Å². The quantitative estimate of drug-likeness (QED) is 0.755. The van der Waals surface area contributed by atoms with Gasteiger partial charge in [-0.25, -0.2) is 4.39 Å². The highest BCUT2D eigenvalue weighted by molar-refractivity contribution is 5.84. The first kappa shape index (κ1) is 12.0. The van der Waals surface area contributed by atoms with Crippen molar-refractivity contribution in [1.29, 1.82) is 0 Å². The summed E-state index contributed by atoms with van der Waals surface area (Å²) in [7, 11) is 1.72. The number of aldehydes is 1. The normalized spacial score (nSPS) is 17.2. The Morgan fingerprint density at radius 3 is 2.71 bits per heavy atom. The van der Waals surface area contributed by atoms with E-state index < -0.39 is 0 Å². The summed E-state index contributed by atoms with van der Waals surface area (Å²) < 4.78 is 18.3. The highest BCUT2D eigenvalue weighted by Crippen LogP contribution is 2.24. The Morgan fingerprint density at radius 2 is 2.12 bits per heavy atom. The van der Waals surface area contributed by atoms with E-state index in [9.17, 15) is 9.18 Å². The summed E-state index contributed by atoms with van der Waals surface area (Å²) in [6.07, 6.45) is 2.88. The van der Waals surface area contributed by atoms with Crippen LogP contribution in [0.15, 0.2) is 18.2 Å². The highest BCUT2D eigenvalue weighted by atomic mass is 19.1. The Balaban J connectivity index is 2.15. The Bertz CT molecular complexity index is 400. The van der Waals surface area contributed by atoms with Crippen LogP contribution in [0.1, 0.15) is 23.2 Å². The number of methoxy groups -OCH3 is 1. The molecule has 0 unspecified atom stereocenters. The molecule has 0 atom stereocenters. The van der Waals surface area contributed by atoms with E-state index >= 15 is 0 Å². The number of anilines is 1. The van der Waals surface area contributed by atoms with Gasteiger partial charge in [-0.1, -0.05) is 0 Å². The van der Waals surface area contributed by atoms with Crippen molar-refractivity contribution in [3.05, 3.63) is 29.6 Å². The molecule has 0 amide bonds. The molecule has 92 valence electrons. The lowest BCUT2D eigenvalue weighted by molar-refractivity contribution is 0.0819. The third-order valence-electron chi connectivity index (χ3n) is 3.23. The van der Waals surface area contributed by atoms with Gasteiger partial charge in [0.2, 0.25) is 0 Å². The van der Waals surface area contributed by atoms with Crippen LogP contribution in [-0.2, 0) is 4.74 Å². The van der Waals surface area contributed by atoms with Crippen LogP contribution >= 0.6 is 0 Å². The third kappa shape index (κ3) is 2.64. The fourth-order valence-corrected chi connectivity index (χ4v) is 2.24. The number of piperidine rings is 1. The number of nitrogens with zero attached hydrogens (tertiary/aromatic N) is 1. The van der Waals surface area contributed by atoms with Crippen LogP contribution in [0.25, 0.3) is 0 Å². The van der Waals surface area contributed by atoms with E-state index in [4.69, 9.17) is 4.74 Å². The van der Waals surface area contributed by atoms with Crippen molar-refractivity contribution < 1.29 is 13.9 Å². The molecule has 1 heterocycles. The average molecular weight is 237 g/mol. The van der Waals surface area contributed by atoms with Gasteiger partial charge in [-0.15, -0.1) is 0 Å². The summed E-state index contributed by atoms with van der Waals surface area (Å²) in [5.41, 5.74) is 1.23. The van der Waals surface area contributed by atoms with Crippen LogP contribution in [0, 0.1) is 5.82 Å². The molecule has 17 heavy (non-hydrogen) atoms. The van der Waals surface area contributed by atoms with Crippen LogP contribution in [-0.4, -0.2) is 32.6 Å². The summed E-state index contributed by atoms with van der Waals surface area (Å²) >= 11 is 0. The van der Waals surface area contributed by atoms with E-state index in [2.05, 4.69) is 4.90 Å². The molecule has 3 nitrogen and oxygen atoms in total. The van der Waals surface area contributed by atoms with Crippen LogP contribution in [0.3, 0.4) is 0 Å². The topological polar surface area (TPSA) is 29.5 Å². The maximum absolute atomic E-state index is 13.0. The number of rotatable bonds is 3. The van der Waals surface area contributed by atoms with Gasteiger partial charge in [-0.05, 0) is 31.0 Å². The minimum absolute atomic E-state index is 0.298. The number of benzene rings is 1. The molecule has 2 rings (SSSR count). The van der Waals surface area contributed by atoms with Gasteiger partial charge >= 0.3 is 0 Å². The molecule has 0 saturated carbocycles. The predicted octanol–water partition coefficient (Wildman–Crippen LogP) is 2.25. The zero-order chi connectivity index (χ0) is 12.3. The standard InChI is InChI=1S/C13H16FNO2/c1-17-12-4-6-15(7-5-12)13-3-2-11(14)8-10(13)9-16/h2-3,8-9,12H,4-7H2,1H3. The molecule has 0 bridgehead atoms. The SMILES string of the molecule is COC1CCN(c2ccc(F)cc2C=O)CC1. The summed E-state index contributed by atoms with van der Waals surface area (Å²) in [4.78, 5) is 13.0. The summed E-state index contributed by atoms with van der Waals surface area (Å²) in [5, 5.41) is 0. The molecule has 1 aromatic carbocycles. The number of halogens is 1. The Labute approximate surface area is 100 Å². The van der Waals surface area contributed by atoms with E-state index in [0.29, 0.717) is 18.0 Å². The monoisotopic (exact) mass is 237 g/mol. The first-order valence-electron chi connectivity index (χ1n) is 5.77. The summed E-state index contributed by atoms with van der Waals surface area (Å²) in [6.45, 7) is 1.68. The smallest absolute Gasteiger partial charge is 0.152 e. The minimum atomic E-state index is -0.373. The van der Waals surface area contributed by atoms with Crippen molar-refractivity contribution in [2.75, 3.05) is 25.1 Å². The zero-order valence-electron chi connectivity index (χ0n) is 9.86. The maximum Gasteiger partial charge on any atom is 0.152 e. The molecular formula is C13H16FNO2. The zero-order valence-corrected chi connectivity index (χ0v) is 9.86. The van der Waals surface area contributed by atoms with Gasteiger partial charge in [-0.3, -0.25) is 4.79 Å². The van der Waals surface area contributed by atoms with E-state index in [1.165, 1.54) is 12.1 Å². The molecule has 0 spiro atoms. The fourth-order valence-electron chi connectivity index (χ4n) is 2.24. The second-order valence-electron chi connectivity index (χ2n) is 4.24. The van der Waals surface area contributed by atoms with Crippen molar-refractivity contribution in [2.45, 2.75) is 18.9 Å². The van der Waals surface area contributed by atoms with Gasteiger partial charge in [-0.2, -0.15) is 0 Å². The number of hydrogen-bond acceptors (Lipinski definition) is 3. The molecule has 0 aliphatic carbocycles. The molecule has 1 aliphatic heterocycles. The van der Waals surface area contributed by atoms with Crippen molar-refractivity contribution in [2.24, 2.45) is 0 Å². The van der Waals surface area contributed by atoms with E-state index in [1.807, 2.05) is 0 Å². The van der Waals surface area contributed by atoms with Gasteiger partial charge in [0.25, 0.3) is 0 Å². The number of carbonyl (C=O) groups excluding carboxylic acids is 1. The van der Waals surface area contributed by atoms with Crippen molar-refractivity contribution >= 4 is 12.0 Å². The lowest BCUT2D eigenvalue weighted by Gasteiger charge is -2.33. The van der Waals surface area contributed by atoms with Crippen LogP contribution in [0.2, 0.25) is 0 Å². The van der Waals surface area contributed by atoms with E-state index in [0.717, 1.165) is 31.6 Å². The van der Waals surface area contributed by atoms with Gasteiger partial charge in [0.05, 0.1) is 6.10 Å².